The van der Waals surface area contributed by atoms with E-state index in [1.54, 1.807) is 25.6 Å². The lowest BCUT2D eigenvalue weighted by atomic mass is 10.0. The molecule has 1 fully saturated rings. The van der Waals surface area contributed by atoms with Crippen LogP contribution in [0, 0.1) is 11.3 Å². The van der Waals surface area contributed by atoms with Crippen molar-refractivity contribution in [3.8, 4) is 11.9 Å². The Hall–Kier alpha value is -2.95. The fourth-order valence-electron chi connectivity index (χ4n) is 2.62. The first-order chi connectivity index (χ1) is 11.3. The van der Waals surface area contributed by atoms with Gasteiger partial charge in [0.1, 0.15) is 18.2 Å². The second-order valence-electron chi connectivity index (χ2n) is 5.19. The first-order valence-electron chi connectivity index (χ1n) is 7.39. The van der Waals surface area contributed by atoms with E-state index in [1.807, 2.05) is 0 Å². The van der Waals surface area contributed by atoms with Crippen LogP contribution < -0.4 is 15.0 Å². The summed E-state index contributed by atoms with van der Waals surface area (Å²) >= 11 is 0. The monoisotopic (exact) mass is 311 g/mol. The van der Waals surface area contributed by atoms with Crippen molar-refractivity contribution in [2.45, 2.75) is 18.9 Å². The molecule has 1 N–H and O–H groups in total. The molecule has 0 aromatic carbocycles. The number of nitrogens with one attached hydrogen (secondary N) is 1. The summed E-state index contributed by atoms with van der Waals surface area (Å²) in [6.45, 7) is 1.63. The molecule has 1 aliphatic rings. The zero-order chi connectivity index (χ0) is 16.1. The lowest BCUT2D eigenvalue weighted by Gasteiger charge is -2.33. The van der Waals surface area contributed by atoms with Gasteiger partial charge in [0.2, 0.25) is 5.88 Å². The van der Waals surface area contributed by atoms with Crippen molar-refractivity contribution in [1.29, 1.82) is 5.26 Å². The molecule has 23 heavy (non-hydrogen) atoms. The average molecular weight is 311 g/mol. The summed E-state index contributed by atoms with van der Waals surface area (Å²) in [5, 5.41) is 12.5. The highest BCUT2D eigenvalue weighted by atomic mass is 16.5. The number of rotatable bonds is 4. The fraction of sp³-hybridized carbons (Fsp3) is 0.400. The number of anilines is 2. The first kappa shape index (κ1) is 15.0. The van der Waals surface area contributed by atoms with Gasteiger partial charge in [-0.05, 0) is 12.8 Å². The van der Waals surface area contributed by atoms with Crippen LogP contribution in [-0.4, -0.2) is 46.2 Å². The van der Waals surface area contributed by atoms with Crippen molar-refractivity contribution in [2.75, 3.05) is 30.4 Å². The summed E-state index contributed by atoms with van der Waals surface area (Å²) < 4.78 is 5.10. The largest absolute Gasteiger partial charge is 0.481 e. The zero-order valence-corrected chi connectivity index (χ0v) is 12.8. The van der Waals surface area contributed by atoms with Gasteiger partial charge in [0, 0.05) is 37.6 Å². The van der Waals surface area contributed by atoms with Crippen LogP contribution >= 0.6 is 0 Å². The van der Waals surface area contributed by atoms with Gasteiger partial charge in [-0.1, -0.05) is 0 Å². The number of ether oxygens (including phenoxy) is 1. The molecular weight excluding hydrogens is 294 g/mol. The maximum atomic E-state index is 9.13. The van der Waals surface area contributed by atoms with Gasteiger partial charge in [0.15, 0.2) is 11.5 Å². The van der Waals surface area contributed by atoms with E-state index in [9.17, 15) is 0 Å². The van der Waals surface area contributed by atoms with Gasteiger partial charge in [-0.2, -0.15) is 5.26 Å². The predicted molar refractivity (Wildman–Crippen MR) is 84.2 cm³/mol. The third-order valence-electron chi connectivity index (χ3n) is 3.78. The molecular formula is C15H17N7O. The molecule has 0 unspecified atom stereocenters. The van der Waals surface area contributed by atoms with Gasteiger partial charge in [-0.15, -0.1) is 0 Å². The number of hydrogen-bond donors (Lipinski definition) is 1. The molecule has 8 heteroatoms. The summed E-state index contributed by atoms with van der Waals surface area (Å²) in [7, 11) is 1.58. The Morgan fingerprint density at radius 2 is 2.00 bits per heavy atom. The molecule has 0 saturated carbocycles. The Balaban J connectivity index is 1.61. The summed E-state index contributed by atoms with van der Waals surface area (Å²) in [5.74, 6) is 1.96. The van der Waals surface area contributed by atoms with Crippen LogP contribution in [0.3, 0.4) is 0 Å². The highest BCUT2D eigenvalue weighted by molar-refractivity contribution is 5.50. The molecule has 0 radical (unpaired) electrons. The van der Waals surface area contributed by atoms with Gasteiger partial charge in [-0.3, -0.25) is 0 Å². The Morgan fingerprint density at radius 1 is 1.22 bits per heavy atom. The van der Waals surface area contributed by atoms with Crippen molar-refractivity contribution >= 4 is 11.6 Å². The summed E-state index contributed by atoms with van der Waals surface area (Å²) in [4.78, 5) is 18.7. The van der Waals surface area contributed by atoms with E-state index in [1.165, 1.54) is 6.33 Å². The zero-order valence-electron chi connectivity index (χ0n) is 12.8. The van der Waals surface area contributed by atoms with E-state index < -0.39 is 0 Å². The number of piperidine rings is 1. The van der Waals surface area contributed by atoms with Gasteiger partial charge >= 0.3 is 0 Å². The standard InChI is InChI=1S/C15H17N7O/c1-23-14-8-13(19-10-20-14)21-11-2-6-22(7-3-11)15-12(9-16)17-4-5-18-15/h4-5,8,10-11H,2-3,6-7H2,1H3,(H,19,20,21). The molecule has 3 rings (SSSR count). The molecule has 8 nitrogen and oxygen atoms in total. The third-order valence-corrected chi connectivity index (χ3v) is 3.78. The lowest BCUT2D eigenvalue weighted by Crippen LogP contribution is -2.40. The molecule has 118 valence electrons. The molecule has 0 bridgehead atoms. The minimum absolute atomic E-state index is 0.313. The Labute approximate surface area is 134 Å². The smallest absolute Gasteiger partial charge is 0.218 e. The quantitative estimate of drug-likeness (QED) is 0.900. The second-order valence-corrected chi connectivity index (χ2v) is 5.19. The van der Waals surface area contributed by atoms with Crippen LogP contribution in [0.1, 0.15) is 18.5 Å². The van der Waals surface area contributed by atoms with Crippen LogP contribution in [0.4, 0.5) is 11.6 Å². The lowest BCUT2D eigenvalue weighted by molar-refractivity contribution is 0.397. The predicted octanol–water partition coefficient (Wildman–Crippen LogP) is 1.23. The van der Waals surface area contributed by atoms with Crippen LogP contribution in [0.5, 0.6) is 5.88 Å². The molecule has 0 spiro atoms. The highest BCUT2D eigenvalue weighted by Crippen LogP contribution is 2.22. The van der Waals surface area contributed by atoms with Gasteiger partial charge < -0.3 is 15.0 Å². The molecule has 0 atom stereocenters. The number of nitrogens with zero attached hydrogens (tertiary/aromatic N) is 6. The van der Waals surface area contributed by atoms with Crippen molar-refractivity contribution in [3.63, 3.8) is 0 Å². The normalized spacial score (nSPS) is 15.0. The van der Waals surface area contributed by atoms with Crippen LogP contribution in [0.2, 0.25) is 0 Å². The topological polar surface area (TPSA) is 99.8 Å². The minimum atomic E-state index is 0.313. The van der Waals surface area contributed by atoms with E-state index in [0.29, 0.717) is 23.4 Å². The fourth-order valence-corrected chi connectivity index (χ4v) is 2.62. The second kappa shape index (κ2) is 6.87. The van der Waals surface area contributed by atoms with Crippen LogP contribution in [0.25, 0.3) is 0 Å². The van der Waals surface area contributed by atoms with Crippen molar-refractivity contribution in [1.82, 2.24) is 19.9 Å². The first-order valence-corrected chi connectivity index (χ1v) is 7.39. The SMILES string of the molecule is COc1cc(NC2CCN(c3nccnc3C#N)CC2)ncn1. The van der Waals surface area contributed by atoms with Crippen LogP contribution in [-0.2, 0) is 0 Å². The molecule has 2 aromatic heterocycles. The average Bonchev–Trinajstić information content (AvgIpc) is 2.62. The number of nitriles is 1. The van der Waals surface area contributed by atoms with Gasteiger partial charge in [0.25, 0.3) is 0 Å². The summed E-state index contributed by atoms with van der Waals surface area (Å²) in [5.41, 5.74) is 0.374. The Kier molecular flexibility index (Phi) is 4.47. The van der Waals surface area contributed by atoms with Crippen LogP contribution in [0.15, 0.2) is 24.8 Å². The maximum Gasteiger partial charge on any atom is 0.218 e. The maximum absolute atomic E-state index is 9.13. The van der Waals surface area contributed by atoms with E-state index in [4.69, 9.17) is 10.00 Å². The van der Waals surface area contributed by atoms with Crippen molar-refractivity contribution < 1.29 is 4.74 Å². The molecule has 1 aliphatic heterocycles. The molecule has 1 saturated heterocycles. The van der Waals surface area contributed by atoms with Crippen molar-refractivity contribution in [2.24, 2.45) is 0 Å². The van der Waals surface area contributed by atoms with Gasteiger partial charge in [0.05, 0.1) is 7.11 Å². The van der Waals surface area contributed by atoms with Gasteiger partial charge in [-0.25, -0.2) is 19.9 Å². The van der Waals surface area contributed by atoms with E-state index in [0.717, 1.165) is 31.7 Å². The Morgan fingerprint density at radius 3 is 2.74 bits per heavy atom. The summed E-state index contributed by atoms with van der Waals surface area (Å²) in [6, 6.07) is 4.19. The minimum Gasteiger partial charge on any atom is -0.481 e. The Bertz CT molecular complexity index is 707. The number of methoxy groups -OCH3 is 1. The third kappa shape index (κ3) is 3.45. The molecule has 0 amide bonds. The molecule has 3 heterocycles. The molecule has 2 aromatic rings. The molecule has 0 aliphatic carbocycles. The number of aromatic nitrogens is 4. The summed E-state index contributed by atoms with van der Waals surface area (Å²) in [6.07, 6.45) is 6.49. The van der Waals surface area contributed by atoms with E-state index in [2.05, 4.69) is 36.2 Å². The van der Waals surface area contributed by atoms with Crippen molar-refractivity contribution in [3.05, 3.63) is 30.5 Å². The highest BCUT2D eigenvalue weighted by Gasteiger charge is 2.22. The number of hydrogen-bond acceptors (Lipinski definition) is 8. The van der Waals surface area contributed by atoms with E-state index in [-0.39, 0.29) is 0 Å². The van der Waals surface area contributed by atoms with E-state index >= 15 is 0 Å².